The molecule has 3 rings (SSSR count). The van der Waals surface area contributed by atoms with E-state index in [9.17, 15) is 4.79 Å². The molecule has 1 aliphatic rings. The van der Waals surface area contributed by atoms with Crippen LogP contribution < -0.4 is 15.4 Å². The zero-order valence-corrected chi connectivity index (χ0v) is 14.2. The summed E-state index contributed by atoms with van der Waals surface area (Å²) < 4.78 is 5.26. The number of benzene rings is 1. The number of anilines is 1. The van der Waals surface area contributed by atoms with Crippen molar-refractivity contribution in [2.75, 3.05) is 25.1 Å². The molecule has 1 amide bonds. The molecule has 24 heavy (non-hydrogen) atoms. The molecular formula is C18H22N4O2. The van der Waals surface area contributed by atoms with Crippen LogP contribution in [0.25, 0.3) is 0 Å². The molecule has 1 fully saturated rings. The Labute approximate surface area is 141 Å². The van der Waals surface area contributed by atoms with Crippen LogP contribution in [0.3, 0.4) is 0 Å². The van der Waals surface area contributed by atoms with Crippen LogP contribution in [-0.2, 0) is 11.2 Å². The molecule has 2 N–H and O–H groups in total. The highest BCUT2D eigenvalue weighted by molar-refractivity contribution is 5.85. The van der Waals surface area contributed by atoms with E-state index in [1.54, 1.807) is 13.3 Å². The van der Waals surface area contributed by atoms with Gasteiger partial charge in [-0.3, -0.25) is 9.78 Å². The van der Waals surface area contributed by atoms with Gasteiger partial charge in [-0.25, -0.2) is 4.98 Å². The van der Waals surface area contributed by atoms with Gasteiger partial charge in [-0.15, -0.1) is 0 Å². The molecule has 1 aliphatic heterocycles. The van der Waals surface area contributed by atoms with Crippen molar-refractivity contribution in [3.8, 4) is 5.75 Å². The van der Waals surface area contributed by atoms with E-state index in [4.69, 9.17) is 10.5 Å². The summed E-state index contributed by atoms with van der Waals surface area (Å²) in [5, 5.41) is 0. The maximum atomic E-state index is 12.1. The Balaban J connectivity index is 1.80. The summed E-state index contributed by atoms with van der Waals surface area (Å²) in [5.41, 5.74) is 7.91. The molecule has 0 spiro atoms. The fourth-order valence-electron chi connectivity index (χ4n) is 3.19. The van der Waals surface area contributed by atoms with Gasteiger partial charge in [0.15, 0.2) is 0 Å². The lowest BCUT2D eigenvalue weighted by Gasteiger charge is -2.49. The van der Waals surface area contributed by atoms with Gasteiger partial charge in [-0.1, -0.05) is 12.1 Å². The van der Waals surface area contributed by atoms with E-state index in [1.165, 1.54) is 0 Å². The molecular weight excluding hydrogens is 304 g/mol. The molecule has 1 aromatic heterocycles. The number of carbonyl (C=O) groups is 1. The Morgan fingerprint density at radius 3 is 2.79 bits per heavy atom. The largest absolute Gasteiger partial charge is 0.497 e. The molecule has 2 aromatic rings. The minimum absolute atomic E-state index is 0.278. The van der Waals surface area contributed by atoms with E-state index in [2.05, 4.69) is 14.9 Å². The first-order valence-electron chi connectivity index (χ1n) is 7.91. The van der Waals surface area contributed by atoms with Crippen LogP contribution in [0.2, 0.25) is 0 Å². The van der Waals surface area contributed by atoms with Gasteiger partial charge in [-0.05, 0) is 38.0 Å². The number of nitrogens with zero attached hydrogens (tertiary/aromatic N) is 3. The smallest absolute Gasteiger partial charge is 0.227 e. The van der Waals surface area contributed by atoms with E-state index in [0.717, 1.165) is 28.5 Å². The summed E-state index contributed by atoms with van der Waals surface area (Å²) in [6.07, 6.45) is 2.34. The SMILES string of the molecule is COc1cccc(CC2(C(N)=O)CN(c3nc(C)cnc3C)C2)c1. The Morgan fingerprint density at radius 2 is 2.12 bits per heavy atom. The zero-order chi connectivity index (χ0) is 17.3. The Morgan fingerprint density at radius 1 is 1.38 bits per heavy atom. The normalized spacial score (nSPS) is 15.7. The van der Waals surface area contributed by atoms with Crippen LogP contribution in [-0.4, -0.2) is 36.1 Å². The molecule has 0 radical (unpaired) electrons. The molecule has 1 aromatic carbocycles. The quantitative estimate of drug-likeness (QED) is 0.903. The molecule has 6 heteroatoms. The molecule has 0 atom stereocenters. The number of aromatic nitrogens is 2. The second-order valence-corrected chi connectivity index (χ2v) is 6.45. The standard InChI is InChI=1S/C18H22N4O2/c1-12-9-20-13(2)16(21-12)22-10-18(11-22,17(19)23)8-14-5-4-6-15(7-14)24-3/h4-7,9H,8,10-11H2,1-3H3,(H2,19,23). The third kappa shape index (κ3) is 2.91. The number of amides is 1. The van der Waals surface area contributed by atoms with Gasteiger partial charge < -0.3 is 15.4 Å². The summed E-state index contributed by atoms with van der Waals surface area (Å²) in [7, 11) is 1.63. The van der Waals surface area contributed by atoms with Gasteiger partial charge in [0.25, 0.3) is 0 Å². The van der Waals surface area contributed by atoms with Crippen molar-refractivity contribution in [3.05, 3.63) is 47.4 Å². The van der Waals surface area contributed by atoms with E-state index >= 15 is 0 Å². The van der Waals surface area contributed by atoms with E-state index < -0.39 is 5.41 Å². The topological polar surface area (TPSA) is 81.3 Å². The summed E-state index contributed by atoms with van der Waals surface area (Å²) in [6, 6.07) is 7.76. The molecule has 0 aliphatic carbocycles. The van der Waals surface area contributed by atoms with E-state index in [-0.39, 0.29) is 5.91 Å². The minimum Gasteiger partial charge on any atom is -0.497 e. The Kier molecular flexibility index (Phi) is 4.13. The third-order valence-corrected chi connectivity index (χ3v) is 4.54. The van der Waals surface area contributed by atoms with E-state index in [1.807, 2.05) is 38.1 Å². The second kappa shape index (κ2) is 6.11. The van der Waals surface area contributed by atoms with Crippen molar-refractivity contribution in [1.82, 2.24) is 9.97 Å². The van der Waals surface area contributed by atoms with Crippen molar-refractivity contribution in [1.29, 1.82) is 0 Å². The summed E-state index contributed by atoms with van der Waals surface area (Å²) in [6.45, 7) is 4.94. The van der Waals surface area contributed by atoms with Gasteiger partial charge in [0.05, 0.1) is 23.9 Å². The first kappa shape index (κ1) is 16.2. The van der Waals surface area contributed by atoms with Crippen LogP contribution in [0.5, 0.6) is 5.75 Å². The predicted octanol–water partition coefficient (Wildman–Crippen LogP) is 1.64. The summed E-state index contributed by atoms with van der Waals surface area (Å²) >= 11 is 0. The number of hydrogen-bond acceptors (Lipinski definition) is 5. The average Bonchev–Trinajstić information content (AvgIpc) is 2.53. The fraction of sp³-hybridized carbons (Fsp3) is 0.389. The number of rotatable bonds is 5. The lowest BCUT2D eigenvalue weighted by Crippen LogP contribution is -2.64. The van der Waals surface area contributed by atoms with E-state index in [0.29, 0.717) is 19.5 Å². The van der Waals surface area contributed by atoms with Gasteiger partial charge in [0.2, 0.25) is 5.91 Å². The Bertz CT molecular complexity index is 769. The molecule has 1 saturated heterocycles. The van der Waals surface area contributed by atoms with Crippen molar-refractivity contribution >= 4 is 11.7 Å². The van der Waals surface area contributed by atoms with Crippen molar-refractivity contribution in [2.45, 2.75) is 20.3 Å². The molecule has 2 heterocycles. The summed E-state index contributed by atoms with van der Waals surface area (Å²) in [4.78, 5) is 23.1. The van der Waals surface area contributed by atoms with Crippen LogP contribution in [0.4, 0.5) is 5.82 Å². The first-order valence-corrected chi connectivity index (χ1v) is 7.91. The summed E-state index contributed by atoms with van der Waals surface area (Å²) in [5.74, 6) is 1.33. The molecule has 0 unspecified atom stereocenters. The lowest BCUT2D eigenvalue weighted by atomic mass is 9.74. The number of hydrogen-bond donors (Lipinski definition) is 1. The molecule has 0 saturated carbocycles. The van der Waals surface area contributed by atoms with Gasteiger partial charge in [-0.2, -0.15) is 0 Å². The molecule has 0 bridgehead atoms. The monoisotopic (exact) mass is 326 g/mol. The number of nitrogens with two attached hydrogens (primary N) is 1. The van der Waals surface area contributed by atoms with Gasteiger partial charge in [0, 0.05) is 19.3 Å². The van der Waals surface area contributed by atoms with Gasteiger partial charge in [0.1, 0.15) is 11.6 Å². The maximum absolute atomic E-state index is 12.1. The lowest BCUT2D eigenvalue weighted by molar-refractivity contribution is -0.129. The van der Waals surface area contributed by atoms with Crippen molar-refractivity contribution in [3.63, 3.8) is 0 Å². The van der Waals surface area contributed by atoms with Gasteiger partial charge >= 0.3 is 0 Å². The second-order valence-electron chi connectivity index (χ2n) is 6.45. The predicted molar refractivity (Wildman–Crippen MR) is 92.0 cm³/mol. The van der Waals surface area contributed by atoms with Crippen LogP contribution >= 0.6 is 0 Å². The number of primary amides is 1. The van der Waals surface area contributed by atoms with Crippen LogP contribution in [0.1, 0.15) is 17.0 Å². The fourth-order valence-corrected chi connectivity index (χ4v) is 3.19. The van der Waals surface area contributed by atoms with Crippen LogP contribution in [0, 0.1) is 19.3 Å². The number of aryl methyl sites for hydroxylation is 2. The van der Waals surface area contributed by atoms with Crippen LogP contribution in [0.15, 0.2) is 30.5 Å². The number of methoxy groups -OCH3 is 1. The van der Waals surface area contributed by atoms with Crippen molar-refractivity contribution < 1.29 is 9.53 Å². The number of carbonyl (C=O) groups excluding carboxylic acids is 1. The number of ether oxygens (including phenoxy) is 1. The molecule has 126 valence electrons. The zero-order valence-electron chi connectivity index (χ0n) is 14.2. The van der Waals surface area contributed by atoms with Crippen molar-refractivity contribution in [2.24, 2.45) is 11.1 Å². The highest BCUT2D eigenvalue weighted by atomic mass is 16.5. The highest BCUT2D eigenvalue weighted by Crippen LogP contribution is 2.37. The first-order chi connectivity index (χ1) is 11.4. The Hall–Kier alpha value is -2.63. The maximum Gasteiger partial charge on any atom is 0.227 e. The third-order valence-electron chi connectivity index (χ3n) is 4.54. The highest BCUT2D eigenvalue weighted by Gasteiger charge is 2.49. The molecule has 6 nitrogen and oxygen atoms in total. The minimum atomic E-state index is -0.579. The average molecular weight is 326 g/mol.